The summed E-state index contributed by atoms with van der Waals surface area (Å²) in [5.74, 6) is 0.209. The van der Waals surface area contributed by atoms with E-state index in [1.54, 1.807) is 9.13 Å². The van der Waals surface area contributed by atoms with Crippen LogP contribution in [0, 0.1) is 0 Å². The van der Waals surface area contributed by atoms with Crippen molar-refractivity contribution in [3.63, 3.8) is 0 Å². The van der Waals surface area contributed by atoms with Crippen LogP contribution in [0.1, 0.15) is 25.3 Å². The van der Waals surface area contributed by atoms with Crippen molar-refractivity contribution >= 4 is 75.7 Å². The number of imidazole rings is 2. The van der Waals surface area contributed by atoms with Gasteiger partial charge in [-0.1, -0.05) is 0 Å². The second-order valence-corrected chi connectivity index (χ2v) is 12.8. The number of fused-ring (bicyclic) bond motifs is 2. The minimum atomic E-state index is -3.88. The van der Waals surface area contributed by atoms with E-state index in [-0.39, 0.29) is 41.7 Å². The third-order valence-corrected chi connectivity index (χ3v) is 8.62. The van der Waals surface area contributed by atoms with Crippen molar-refractivity contribution in [3.8, 4) is 0 Å². The Kier molecular flexibility index (Phi) is 7.75. The molecule has 2 aliphatic heterocycles. The zero-order chi connectivity index (χ0) is 29.1. The summed E-state index contributed by atoms with van der Waals surface area (Å²) in [5, 5.41) is 20.4. The Hall–Kier alpha value is -2.35. The number of hydrogen-bond acceptors (Lipinski definition) is 15. The molecule has 2 aliphatic rings. The van der Waals surface area contributed by atoms with Gasteiger partial charge in [0.2, 0.25) is 10.6 Å². The SMILES string of the molecule is Nc1nc(Cl)nc2c1ncn2[C@H]1CC(O)[C@@H](COP(O)(=S)OC2C[C@H](n3cnc4c(N)nc(Cl)nc43)O[C@@H]2CO)O1. The van der Waals surface area contributed by atoms with Crippen LogP contribution in [0.4, 0.5) is 11.6 Å². The summed E-state index contributed by atoms with van der Waals surface area (Å²) in [6.45, 7) is -4.59. The van der Waals surface area contributed by atoms with Crippen LogP contribution in [0.15, 0.2) is 12.7 Å². The number of rotatable bonds is 8. The van der Waals surface area contributed by atoms with Crippen LogP contribution >= 0.6 is 29.9 Å². The summed E-state index contributed by atoms with van der Waals surface area (Å²) in [5.41, 5.74) is 13.1. The van der Waals surface area contributed by atoms with Gasteiger partial charge in [0.15, 0.2) is 22.9 Å². The quantitative estimate of drug-likeness (QED) is 0.130. The number of halogens is 2. The molecule has 6 rings (SSSR count). The number of anilines is 2. The van der Waals surface area contributed by atoms with Gasteiger partial charge in [-0.15, -0.1) is 0 Å². The fourth-order valence-corrected chi connectivity index (χ4v) is 6.61. The predicted molar refractivity (Wildman–Crippen MR) is 147 cm³/mol. The number of aliphatic hydroxyl groups is 2. The van der Waals surface area contributed by atoms with Gasteiger partial charge in [-0.05, 0) is 35.0 Å². The Balaban J connectivity index is 1.10. The van der Waals surface area contributed by atoms with E-state index in [0.29, 0.717) is 22.3 Å². The topological polar surface area (TPSA) is 237 Å². The first kappa shape index (κ1) is 28.8. The van der Waals surface area contributed by atoms with Crippen molar-refractivity contribution in [2.45, 2.75) is 49.7 Å². The van der Waals surface area contributed by atoms with Crippen molar-refractivity contribution in [3.05, 3.63) is 23.2 Å². The number of nitrogen functional groups attached to an aromatic ring is 2. The minimum Gasteiger partial charge on any atom is -0.394 e. The fourth-order valence-electron chi connectivity index (χ4n) is 4.79. The van der Waals surface area contributed by atoms with Crippen LogP contribution in [-0.2, 0) is 30.3 Å². The highest BCUT2D eigenvalue weighted by Gasteiger charge is 2.42. The van der Waals surface area contributed by atoms with Crippen LogP contribution in [0.3, 0.4) is 0 Å². The van der Waals surface area contributed by atoms with Crippen LogP contribution in [-0.4, -0.2) is 91.8 Å². The van der Waals surface area contributed by atoms with Crippen molar-refractivity contribution in [1.82, 2.24) is 39.0 Å². The molecule has 4 aromatic rings. The maximum atomic E-state index is 10.8. The molecule has 21 heteroatoms. The second-order valence-electron chi connectivity index (χ2n) is 9.29. The molecule has 7 atom stereocenters. The molecule has 6 heterocycles. The van der Waals surface area contributed by atoms with Gasteiger partial charge < -0.3 is 45.1 Å². The summed E-state index contributed by atoms with van der Waals surface area (Å²) in [7, 11) is 0. The highest BCUT2D eigenvalue weighted by atomic mass is 35.5. The van der Waals surface area contributed by atoms with E-state index in [2.05, 4.69) is 29.9 Å². The molecule has 17 nitrogen and oxygen atoms in total. The van der Waals surface area contributed by atoms with Crippen LogP contribution < -0.4 is 11.5 Å². The number of hydrogen-bond donors (Lipinski definition) is 5. The highest BCUT2D eigenvalue weighted by molar-refractivity contribution is 8.07. The Morgan fingerprint density at radius 2 is 1.49 bits per heavy atom. The van der Waals surface area contributed by atoms with Gasteiger partial charge in [-0.3, -0.25) is 9.13 Å². The lowest BCUT2D eigenvalue weighted by molar-refractivity contribution is -0.0507. The van der Waals surface area contributed by atoms with Gasteiger partial charge in [0.25, 0.3) is 0 Å². The van der Waals surface area contributed by atoms with Gasteiger partial charge in [-0.2, -0.15) is 19.9 Å². The molecule has 0 bridgehead atoms. The fraction of sp³-hybridized carbons (Fsp3) is 0.500. The molecule has 0 radical (unpaired) electrons. The lowest BCUT2D eigenvalue weighted by atomic mass is 10.2. The predicted octanol–water partition coefficient (Wildman–Crippen LogP) is 0.684. The molecule has 41 heavy (non-hydrogen) atoms. The third-order valence-electron chi connectivity index (χ3n) is 6.70. The maximum absolute atomic E-state index is 10.8. The summed E-state index contributed by atoms with van der Waals surface area (Å²) in [4.78, 5) is 35.3. The third kappa shape index (κ3) is 5.57. The van der Waals surface area contributed by atoms with Crippen LogP contribution in [0.5, 0.6) is 0 Å². The van der Waals surface area contributed by atoms with E-state index in [4.69, 9.17) is 65.0 Å². The molecule has 4 aromatic heterocycles. The molecule has 2 saturated heterocycles. The number of nitrogens with two attached hydrogens (primary N) is 2. The molecule has 2 fully saturated rings. The summed E-state index contributed by atoms with van der Waals surface area (Å²) < 4.78 is 26.2. The van der Waals surface area contributed by atoms with Gasteiger partial charge in [0, 0.05) is 12.8 Å². The number of aromatic nitrogens is 8. The molecule has 0 saturated carbocycles. The Morgan fingerprint density at radius 3 is 2.05 bits per heavy atom. The molecule has 0 amide bonds. The van der Waals surface area contributed by atoms with E-state index in [1.165, 1.54) is 12.7 Å². The first-order chi connectivity index (χ1) is 19.5. The zero-order valence-electron chi connectivity index (χ0n) is 20.8. The average Bonchev–Trinajstić information content (AvgIpc) is 3.67. The monoisotopic (exact) mass is 648 g/mol. The molecule has 3 unspecified atom stereocenters. The average molecular weight is 649 g/mol. The molecule has 220 valence electrons. The first-order valence-corrected chi connectivity index (χ1v) is 15.4. The maximum Gasteiger partial charge on any atom is 0.324 e. The van der Waals surface area contributed by atoms with E-state index < -0.39 is 50.2 Å². The summed E-state index contributed by atoms with van der Waals surface area (Å²) in [6, 6.07) is 0. The molecule has 7 N–H and O–H groups in total. The lowest BCUT2D eigenvalue weighted by Gasteiger charge is -2.24. The Bertz CT molecular complexity index is 1660. The molecule has 0 aromatic carbocycles. The molecular weight excluding hydrogens is 626 g/mol. The van der Waals surface area contributed by atoms with E-state index in [1.807, 2.05) is 0 Å². The van der Waals surface area contributed by atoms with E-state index in [9.17, 15) is 15.1 Å². The van der Waals surface area contributed by atoms with Crippen molar-refractivity contribution in [1.29, 1.82) is 0 Å². The van der Waals surface area contributed by atoms with Crippen molar-refractivity contribution in [2.75, 3.05) is 24.7 Å². The Labute approximate surface area is 245 Å². The minimum absolute atomic E-state index is 0.0601. The van der Waals surface area contributed by atoms with Crippen molar-refractivity contribution < 1.29 is 33.6 Å². The number of aliphatic hydroxyl groups excluding tert-OH is 2. The van der Waals surface area contributed by atoms with Crippen molar-refractivity contribution in [2.24, 2.45) is 0 Å². The molecule has 0 aliphatic carbocycles. The van der Waals surface area contributed by atoms with Gasteiger partial charge in [0.05, 0.1) is 38.1 Å². The highest BCUT2D eigenvalue weighted by Crippen LogP contribution is 2.49. The van der Waals surface area contributed by atoms with Crippen LogP contribution in [0.25, 0.3) is 22.3 Å². The van der Waals surface area contributed by atoms with Crippen LogP contribution in [0.2, 0.25) is 10.6 Å². The standard InChI is InChI=1S/C20H23Cl2N10O7PS/c21-19-27-15(23)13-17(29-19)31(5-25-13)11-1-7(34)10(38-11)4-36-40(35,41)39-8-2-12(37-9(8)3-33)32-6-26-14-16(24)28-20(22)30-18(14)32/h5-12,33-34H,1-4H2,(H,35,41)(H2,23,27,29)(H2,24,28,30)/t7?,8?,9-,10-,11-,12-,40?/m1/s1. The summed E-state index contributed by atoms with van der Waals surface area (Å²) in [6.07, 6.45) is -1.67. The summed E-state index contributed by atoms with van der Waals surface area (Å²) >= 11 is 17.1. The second kappa shape index (κ2) is 11.1. The van der Waals surface area contributed by atoms with Gasteiger partial charge in [-0.25, -0.2) is 9.97 Å². The largest absolute Gasteiger partial charge is 0.394 e. The van der Waals surface area contributed by atoms with Gasteiger partial charge >= 0.3 is 6.72 Å². The van der Waals surface area contributed by atoms with E-state index in [0.717, 1.165) is 0 Å². The Morgan fingerprint density at radius 1 is 0.951 bits per heavy atom. The normalized spacial score (nSPS) is 28.1. The zero-order valence-corrected chi connectivity index (χ0v) is 24.0. The van der Waals surface area contributed by atoms with E-state index >= 15 is 0 Å². The number of nitrogens with zero attached hydrogens (tertiary/aromatic N) is 8. The first-order valence-electron chi connectivity index (χ1n) is 12.1. The number of ether oxygens (including phenoxy) is 2. The lowest BCUT2D eigenvalue weighted by Crippen LogP contribution is -2.29. The smallest absolute Gasteiger partial charge is 0.324 e. The molecular formula is C20H23Cl2N10O7PS. The van der Waals surface area contributed by atoms with Gasteiger partial charge in [0.1, 0.15) is 35.7 Å². The molecule has 0 spiro atoms.